The van der Waals surface area contributed by atoms with Gasteiger partial charge < -0.3 is 0 Å². The molecule has 0 unspecified atom stereocenters. The SMILES string of the molecule is Cc1ccc(S(N)(=O)=O)cc1-c1ccc(-c2cn[nH]c2-c2ccncc2)cc1. The minimum atomic E-state index is -3.75. The number of aryl methyl sites for hydroxylation is 1. The molecule has 0 atom stereocenters. The van der Waals surface area contributed by atoms with Crippen molar-refractivity contribution >= 4 is 10.0 Å². The topological polar surface area (TPSA) is 102 Å². The zero-order chi connectivity index (χ0) is 19.7. The molecule has 6 nitrogen and oxygen atoms in total. The van der Waals surface area contributed by atoms with E-state index in [1.165, 1.54) is 6.07 Å². The number of rotatable bonds is 4. The molecule has 0 saturated carbocycles. The van der Waals surface area contributed by atoms with Gasteiger partial charge in [0.15, 0.2) is 0 Å². The molecule has 0 bridgehead atoms. The largest absolute Gasteiger partial charge is 0.277 e. The molecule has 3 N–H and O–H groups in total. The molecule has 2 aromatic carbocycles. The molecule has 0 fully saturated rings. The molecule has 0 aliphatic heterocycles. The van der Waals surface area contributed by atoms with Crippen molar-refractivity contribution in [2.45, 2.75) is 11.8 Å². The monoisotopic (exact) mass is 390 g/mol. The van der Waals surface area contributed by atoms with Gasteiger partial charge in [-0.2, -0.15) is 5.10 Å². The lowest BCUT2D eigenvalue weighted by Gasteiger charge is -2.10. The molecule has 2 heterocycles. The molecule has 0 saturated heterocycles. The number of hydrogen-bond acceptors (Lipinski definition) is 4. The first-order valence-corrected chi connectivity index (χ1v) is 10.2. The normalized spacial score (nSPS) is 11.5. The zero-order valence-electron chi connectivity index (χ0n) is 15.1. The number of H-pyrrole nitrogens is 1. The predicted octanol–water partition coefficient (Wildman–Crippen LogP) is 3.76. The fraction of sp³-hybridized carbons (Fsp3) is 0.0476. The quantitative estimate of drug-likeness (QED) is 0.554. The second-order valence-electron chi connectivity index (χ2n) is 6.49. The number of benzene rings is 2. The first-order chi connectivity index (χ1) is 13.4. The summed E-state index contributed by atoms with van der Waals surface area (Å²) in [5.41, 5.74) is 6.63. The van der Waals surface area contributed by atoms with E-state index in [0.717, 1.165) is 39.1 Å². The van der Waals surface area contributed by atoms with Crippen LogP contribution in [0.2, 0.25) is 0 Å². The van der Waals surface area contributed by atoms with E-state index in [0.29, 0.717) is 0 Å². The first-order valence-electron chi connectivity index (χ1n) is 8.61. The Morgan fingerprint density at radius 3 is 2.14 bits per heavy atom. The summed E-state index contributed by atoms with van der Waals surface area (Å²) in [5, 5.41) is 12.5. The maximum absolute atomic E-state index is 11.7. The van der Waals surface area contributed by atoms with Gasteiger partial charge in [-0.05, 0) is 53.4 Å². The van der Waals surface area contributed by atoms with Crippen LogP contribution < -0.4 is 5.14 Å². The van der Waals surface area contributed by atoms with Gasteiger partial charge >= 0.3 is 0 Å². The van der Waals surface area contributed by atoms with Crippen LogP contribution in [0.1, 0.15) is 5.56 Å². The number of nitrogens with zero attached hydrogens (tertiary/aromatic N) is 2. The Morgan fingerprint density at radius 1 is 0.857 bits per heavy atom. The maximum atomic E-state index is 11.7. The van der Waals surface area contributed by atoms with Crippen molar-refractivity contribution in [3.8, 4) is 33.5 Å². The fourth-order valence-electron chi connectivity index (χ4n) is 3.16. The van der Waals surface area contributed by atoms with E-state index in [9.17, 15) is 8.42 Å². The van der Waals surface area contributed by atoms with Crippen molar-refractivity contribution in [3.05, 3.63) is 78.8 Å². The highest BCUT2D eigenvalue weighted by atomic mass is 32.2. The van der Waals surface area contributed by atoms with E-state index >= 15 is 0 Å². The summed E-state index contributed by atoms with van der Waals surface area (Å²) >= 11 is 0. The summed E-state index contributed by atoms with van der Waals surface area (Å²) in [7, 11) is -3.75. The minimum absolute atomic E-state index is 0.104. The lowest BCUT2D eigenvalue weighted by atomic mass is 9.97. The second-order valence-corrected chi connectivity index (χ2v) is 8.06. The van der Waals surface area contributed by atoms with E-state index < -0.39 is 10.0 Å². The van der Waals surface area contributed by atoms with Gasteiger partial charge in [0, 0.05) is 23.5 Å². The molecule has 4 rings (SSSR count). The Hall–Kier alpha value is -3.29. The van der Waals surface area contributed by atoms with Crippen LogP contribution in [0.3, 0.4) is 0 Å². The third kappa shape index (κ3) is 3.45. The van der Waals surface area contributed by atoms with Crippen molar-refractivity contribution < 1.29 is 8.42 Å². The first kappa shape index (κ1) is 18.1. The Kier molecular flexibility index (Phi) is 4.54. The Morgan fingerprint density at radius 2 is 1.50 bits per heavy atom. The Bertz CT molecular complexity index is 1230. The van der Waals surface area contributed by atoms with Crippen LogP contribution in [-0.2, 0) is 10.0 Å². The van der Waals surface area contributed by atoms with Gasteiger partial charge in [-0.25, -0.2) is 13.6 Å². The highest BCUT2D eigenvalue weighted by Crippen LogP contribution is 2.32. The van der Waals surface area contributed by atoms with Crippen LogP contribution in [0.4, 0.5) is 0 Å². The molecule has 7 heteroatoms. The van der Waals surface area contributed by atoms with Gasteiger partial charge in [-0.1, -0.05) is 30.3 Å². The number of primary sulfonamides is 1. The van der Waals surface area contributed by atoms with E-state index in [-0.39, 0.29) is 4.90 Å². The van der Waals surface area contributed by atoms with Crippen molar-refractivity contribution in [3.63, 3.8) is 0 Å². The van der Waals surface area contributed by atoms with E-state index in [2.05, 4.69) is 15.2 Å². The van der Waals surface area contributed by atoms with Crippen molar-refractivity contribution in [2.75, 3.05) is 0 Å². The number of nitrogens with two attached hydrogens (primary N) is 1. The van der Waals surface area contributed by atoms with Crippen LogP contribution in [-0.4, -0.2) is 23.6 Å². The second kappa shape index (κ2) is 7.03. The van der Waals surface area contributed by atoms with E-state index in [1.807, 2.05) is 43.3 Å². The zero-order valence-corrected chi connectivity index (χ0v) is 15.9. The van der Waals surface area contributed by atoms with E-state index in [4.69, 9.17) is 5.14 Å². The van der Waals surface area contributed by atoms with Crippen LogP contribution >= 0.6 is 0 Å². The number of aromatic amines is 1. The van der Waals surface area contributed by atoms with Gasteiger partial charge in [-0.3, -0.25) is 10.1 Å². The van der Waals surface area contributed by atoms with Gasteiger partial charge in [-0.15, -0.1) is 0 Å². The lowest BCUT2D eigenvalue weighted by molar-refractivity contribution is 0.598. The summed E-state index contributed by atoms with van der Waals surface area (Å²) < 4.78 is 23.3. The molecule has 140 valence electrons. The smallest absolute Gasteiger partial charge is 0.238 e. The van der Waals surface area contributed by atoms with Gasteiger partial charge in [0.05, 0.1) is 16.8 Å². The molecule has 0 spiro atoms. The fourth-order valence-corrected chi connectivity index (χ4v) is 3.70. The molecule has 0 amide bonds. The summed E-state index contributed by atoms with van der Waals surface area (Å²) in [4.78, 5) is 4.15. The number of sulfonamides is 1. The van der Waals surface area contributed by atoms with Crippen LogP contribution in [0, 0.1) is 6.92 Å². The van der Waals surface area contributed by atoms with Crippen LogP contribution in [0.5, 0.6) is 0 Å². The van der Waals surface area contributed by atoms with Crippen molar-refractivity contribution in [2.24, 2.45) is 5.14 Å². The molecule has 0 aliphatic rings. The number of aromatic nitrogens is 3. The van der Waals surface area contributed by atoms with Crippen molar-refractivity contribution in [1.29, 1.82) is 0 Å². The predicted molar refractivity (Wildman–Crippen MR) is 109 cm³/mol. The standard InChI is InChI=1S/C21H18N4O2S/c1-14-2-7-18(28(22,26)27)12-19(14)15-3-5-16(6-4-15)20-13-24-25-21(20)17-8-10-23-11-9-17/h2-13H,1H3,(H,24,25)(H2,22,26,27). The Labute approximate surface area is 163 Å². The summed E-state index contributed by atoms with van der Waals surface area (Å²) in [5.74, 6) is 0. The minimum Gasteiger partial charge on any atom is -0.277 e. The molecule has 0 aliphatic carbocycles. The van der Waals surface area contributed by atoms with Crippen LogP contribution in [0.25, 0.3) is 33.5 Å². The lowest BCUT2D eigenvalue weighted by Crippen LogP contribution is -2.12. The molecular formula is C21H18N4O2S. The van der Waals surface area contributed by atoms with Gasteiger partial charge in [0.25, 0.3) is 0 Å². The van der Waals surface area contributed by atoms with Crippen molar-refractivity contribution in [1.82, 2.24) is 15.2 Å². The Balaban J connectivity index is 1.73. The highest BCUT2D eigenvalue weighted by molar-refractivity contribution is 7.89. The van der Waals surface area contributed by atoms with Gasteiger partial charge in [0.2, 0.25) is 10.0 Å². The number of hydrogen-bond donors (Lipinski definition) is 2. The number of pyridine rings is 1. The van der Waals surface area contributed by atoms with Crippen LogP contribution in [0.15, 0.2) is 78.1 Å². The van der Waals surface area contributed by atoms with Gasteiger partial charge in [0.1, 0.15) is 0 Å². The molecule has 28 heavy (non-hydrogen) atoms. The third-order valence-corrected chi connectivity index (χ3v) is 5.56. The molecule has 4 aromatic rings. The molecular weight excluding hydrogens is 372 g/mol. The average Bonchev–Trinajstić information content (AvgIpc) is 3.18. The highest BCUT2D eigenvalue weighted by Gasteiger charge is 2.13. The molecule has 0 radical (unpaired) electrons. The molecule has 2 aromatic heterocycles. The average molecular weight is 390 g/mol. The summed E-state index contributed by atoms with van der Waals surface area (Å²) in [6.07, 6.45) is 5.27. The number of nitrogens with one attached hydrogen (secondary N) is 1. The third-order valence-electron chi connectivity index (χ3n) is 4.65. The summed E-state index contributed by atoms with van der Waals surface area (Å²) in [6.45, 7) is 1.94. The summed E-state index contributed by atoms with van der Waals surface area (Å²) in [6, 6.07) is 16.7. The maximum Gasteiger partial charge on any atom is 0.238 e. The van der Waals surface area contributed by atoms with E-state index in [1.54, 1.807) is 30.7 Å².